The van der Waals surface area contributed by atoms with Crippen molar-refractivity contribution < 1.29 is 4.79 Å². The number of aromatic amines is 1. The summed E-state index contributed by atoms with van der Waals surface area (Å²) in [7, 11) is 0. The monoisotopic (exact) mass is 297 g/mol. The molecular weight excluding hydrogens is 274 g/mol. The Morgan fingerprint density at radius 3 is 2.68 bits per heavy atom. The van der Waals surface area contributed by atoms with Crippen LogP contribution in [0.3, 0.4) is 0 Å². The molecule has 1 aromatic heterocycles. The van der Waals surface area contributed by atoms with Crippen LogP contribution in [0.15, 0.2) is 36.4 Å². The van der Waals surface area contributed by atoms with Crippen molar-refractivity contribution in [1.82, 2.24) is 15.5 Å². The molecule has 0 saturated heterocycles. The van der Waals surface area contributed by atoms with Gasteiger partial charge in [0.15, 0.2) is 0 Å². The number of rotatable bonds is 6. The summed E-state index contributed by atoms with van der Waals surface area (Å²) in [6.07, 6.45) is 3.27. The van der Waals surface area contributed by atoms with Crippen molar-refractivity contribution >= 4 is 5.91 Å². The Morgan fingerprint density at radius 2 is 2.05 bits per heavy atom. The van der Waals surface area contributed by atoms with Crippen LogP contribution in [-0.2, 0) is 6.42 Å². The second-order valence-electron chi connectivity index (χ2n) is 6.58. The molecule has 0 spiro atoms. The maximum atomic E-state index is 12.5. The van der Waals surface area contributed by atoms with Gasteiger partial charge in [-0.15, -0.1) is 0 Å². The van der Waals surface area contributed by atoms with Gasteiger partial charge in [0.1, 0.15) is 5.69 Å². The van der Waals surface area contributed by atoms with Crippen molar-refractivity contribution in [2.45, 2.75) is 39.2 Å². The van der Waals surface area contributed by atoms with E-state index in [1.165, 1.54) is 18.4 Å². The molecule has 2 aromatic rings. The number of carbonyl (C=O) groups is 1. The summed E-state index contributed by atoms with van der Waals surface area (Å²) in [5.74, 6) is 1.01. The third-order valence-corrected chi connectivity index (χ3v) is 4.03. The first-order chi connectivity index (χ1) is 10.6. The maximum absolute atomic E-state index is 12.5. The average Bonchev–Trinajstić information content (AvgIpc) is 3.24. The van der Waals surface area contributed by atoms with Crippen LogP contribution in [0.4, 0.5) is 0 Å². The van der Waals surface area contributed by atoms with Crippen LogP contribution in [0.2, 0.25) is 0 Å². The standard InChI is InChI=1S/C18H23N3O/c1-12(2)10-15-11-16(21-20-15)18(22)19-17(14-8-9-14)13-6-4-3-5-7-13/h3-7,11-12,14,17H,8-10H2,1-2H3,(H,19,22)(H,20,21). The number of nitrogens with zero attached hydrogens (tertiary/aromatic N) is 1. The van der Waals surface area contributed by atoms with E-state index in [4.69, 9.17) is 0 Å². The highest BCUT2D eigenvalue weighted by atomic mass is 16.2. The van der Waals surface area contributed by atoms with Crippen LogP contribution in [0.25, 0.3) is 0 Å². The Balaban J connectivity index is 1.70. The lowest BCUT2D eigenvalue weighted by Crippen LogP contribution is -2.30. The van der Waals surface area contributed by atoms with Crippen LogP contribution in [0, 0.1) is 11.8 Å². The van der Waals surface area contributed by atoms with Crippen LogP contribution < -0.4 is 5.32 Å². The van der Waals surface area contributed by atoms with Crippen LogP contribution in [-0.4, -0.2) is 16.1 Å². The van der Waals surface area contributed by atoms with Gasteiger partial charge in [0, 0.05) is 5.69 Å². The first-order valence-electron chi connectivity index (χ1n) is 8.03. The van der Waals surface area contributed by atoms with Gasteiger partial charge in [-0.25, -0.2) is 0 Å². The molecule has 0 radical (unpaired) electrons. The molecule has 1 fully saturated rings. The summed E-state index contributed by atoms with van der Waals surface area (Å²) >= 11 is 0. The van der Waals surface area contributed by atoms with E-state index in [0.29, 0.717) is 17.5 Å². The normalized spacial score (nSPS) is 15.8. The molecule has 4 nitrogen and oxygen atoms in total. The molecule has 1 heterocycles. The second kappa shape index (κ2) is 6.34. The topological polar surface area (TPSA) is 57.8 Å². The molecule has 0 bridgehead atoms. The van der Waals surface area contributed by atoms with Crippen LogP contribution >= 0.6 is 0 Å². The summed E-state index contributed by atoms with van der Waals surface area (Å²) in [6.45, 7) is 4.30. The lowest BCUT2D eigenvalue weighted by Gasteiger charge is -2.18. The number of hydrogen-bond donors (Lipinski definition) is 2. The molecule has 1 saturated carbocycles. The number of benzene rings is 1. The highest BCUT2D eigenvalue weighted by molar-refractivity contribution is 5.92. The molecule has 1 aliphatic rings. The summed E-state index contributed by atoms with van der Waals surface area (Å²) in [4.78, 5) is 12.5. The zero-order valence-electron chi connectivity index (χ0n) is 13.2. The summed E-state index contributed by atoms with van der Waals surface area (Å²) in [5, 5.41) is 10.3. The smallest absolute Gasteiger partial charge is 0.272 e. The van der Waals surface area contributed by atoms with Crippen molar-refractivity contribution in [3.63, 3.8) is 0 Å². The van der Waals surface area contributed by atoms with Gasteiger partial charge in [0.2, 0.25) is 0 Å². The van der Waals surface area contributed by atoms with Gasteiger partial charge < -0.3 is 5.32 Å². The molecule has 0 aliphatic heterocycles. The quantitative estimate of drug-likeness (QED) is 0.857. The molecular formula is C18H23N3O. The second-order valence-corrected chi connectivity index (χ2v) is 6.58. The molecule has 22 heavy (non-hydrogen) atoms. The lowest BCUT2D eigenvalue weighted by atomic mass is 10.0. The van der Waals surface area contributed by atoms with Crippen molar-refractivity contribution in [3.05, 3.63) is 53.3 Å². The zero-order valence-corrected chi connectivity index (χ0v) is 13.2. The van der Waals surface area contributed by atoms with E-state index in [1.807, 2.05) is 24.3 Å². The zero-order chi connectivity index (χ0) is 15.5. The van der Waals surface area contributed by atoms with E-state index >= 15 is 0 Å². The van der Waals surface area contributed by atoms with Gasteiger partial charge in [-0.1, -0.05) is 44.2 Å². The molecule has 2 N–H and O–H groups in total. The summed E-state index contributed by atoms with van der Waals surface area (Å²) < 4.78 is 0. The first kappa shape index (κ1) is 14.8. The predicted molar refractivity (Wildman–Crippen MR) is 86.5 cm³/mol. The van der Waals surface area contributed by atoms with E-state index in [1.54, 1.807) is 0 Å². The number of amides is 1. The fraction of sp³-hybridized carbons (Fsp3) is 0.444. The fourth-order valence-corrected chi connectivity index (χ4v) is 2.80. The summed E-state index contributed by atoms with van der Waals surface area (Å²) in [6, 6.07) is 12.2. The molecule has 3 rings (SSSR count). The van der Waals surface area contributed by atoms with Gasteiger partial charge in [0.05, 0.1) is 6.04 Å². The van der Waals surface area contributed by atoms with Gasteiger partial charge in [-0.3, -0.25) is 9.89 Å². The first-order valence-corrected chi connectivity index (χ1v) is 8.03. The van der Waals surface area contributed by atoms with Crippen LogP contribution in [0.5, 0.6) is 0 Å². The number of hydrogen-bond acceptors (Lipinski definition) is 2. The molecule has 1 atom stereocenters. The maximum Gasteiger partial charge on any atom is 0.272 e. The van der Waals surface area contributed by atoms with E-state index < -0.39 is 0 Å². The average molecular weight is 297 g/mol. The predicted octanol–water partition coefficient (Wildman–Crippen LogP) is 3.49. The van der Waals surface area contributed by atoms with E-state index in [9.17, 15) is 4.79 Å². The highest BCUT2D eigenvalue weighted by Crippen LogP contribution is 2.41. The van der Waals surface area contributed by atoms with E-state index in [0.717, 1.165) is 12.1 Å². The van der Waals surface area contributed by atoms with Crippen molar-refractivity contribution in [3.8, 4) is 0 Å². The number of carbonyl (C=O) groups excluding carboxylic acids is 1. The van der Waals surface area contributed by atoms with Gasteiger partial charge >= 0.3 is 0 Å². The molecule has 1 amide bonds. The number of H-pyrrole nitrogens is 1. The third kappa shape index (κ3) is 3.56. The minimum absolute atomic E-state index is 0.0907. The fourth-order valence-electron chi connectivity index (χ4n) is 2.80. The Labute approximate surface area is 131 Å². The van der Waals surface area contributed by atoms with Crippen molar-refractivity contribution in [1.29, 1.82) is 0 Å². The molecule has 116 valence electrons. The minimum atomic E-state index is -0.0907. The van der Waals surface area contributed by atoms with Crippen LogP contribution in [0.1, 0.15) is 54.5 Å². The largest absolute Gasteiger partial charge is 0.344 e. The van der Waals surface area contributed by atoms with E-state index in [-0.39, 0.29) is 11.9 Å². The van der Waals surface area contributed by atoms with Gasteiger partial charge in [-0.2, -0.15) is 5.10 Å². The van der Waals surface area contributed by atoms with Crippen molar-refractivity contribution in [2.75, 3.05) is 0 Å². The SMILES string of the molecule is CC(C)Cc1cc(C(=O)NC(c2ccccc2)C2CC2)n[nH]1. The van der Waals surface area contributed by atoms with Gasteiger partial charge in [-0.05, 0) is 42.7 Å². The molecule has 1 unspecified atom stereocenters. The van der Waals surface area contributed by atoms with Crippen molar-refractivity contribution in [2.24, 2.45) is 11.8 Å². The Morgan fingerprint density at radius 1 is 1.32 bits per heavy atom. The molecule has 1 aliphatic carbocycles. The Bertz CT molecular complexity index is 629. The Hall–Kier alpha value is -2.10. The number of aromatic nitrogens is 2. The Kier molecular flexibility index (Phi) is 4.27. The van der Waals surface area contributed by atoms with Gasteiger partial charge in [0.25, 0.3) is 5.91 Å². The summed E-state index contributed by atoms with van der Waals surface area (Å²) in [5.41, 5.74) is 2.68. The third-order valence-electron chi connectivity index (χ3n) is 4.03. The number of nitrogens with one attached hydrogen (secondary N) is 2. The molecule has 1 aromatic carbocycles. The van der Waals surface area contributed by atoms with E-state index in [2.05, 4.69) is 41.5 Å². The molecule has 4 heteroatoms. The highest BCUT2D eigenvalue weighted by Gasteiger charge is 2.33. The minimum Gasteiger partial charge on any atom is -0.344 e. The lowest BCUT2D eigenvalue weighted by molar-refractivity contribution is 0.0926.